The zero-order valence-corrected chi connectivity index (χ0v) is 10.4. The molecule has 1 aliphatic rings. The zero-order chi connectivity index (χ0) is 10.9. The Balaban J connectivity index is 1.92. The zero-order valence-electron chi connectivity index (χ0n) is 10.4. The van der Waals surface area contributed by atoms with Crippen molar-refractivity contribution in [3.05, 3.63) is 11.6 Å². The quantitative estimate of drug-likeness (QED) is 0.513. The summed E-state index contributed by atoms with van der Waals surface area (Å²) in [5.74, 6) is 0. The van der Waals surface area contributed by atoms with Crippen LogP contribution in [0.25, 0.3) is 0 Å². The van der Waals surface area contributed by atoms with Gasteiger partial charge in [-0.3, -0.25) is 4.90 Å². The van der Waals surface area contributed by atoms with Gasteiger partial charge in [-0.25, -0.2) is 0 Å². The molecule has 2 heteroatoms. The Morgan fingerprint density at radius 3 is 2.87 bits per heavy atom. The Morgan fingerprint density at radius 1 is 1.33 bits per heavy atom. The van der Waals surface area contributed by atoms with Gasteiger partial charge in [-0.15, -0.1) is 0 Å². The minimum atomic E-state index is 1.11. The Bertz CT molecular complexity index is 187. The lowest BCUT2D eigenvalue weighted by atomic mass is 10.1. The maximum Gasteiger partial charge on any atom is 0.0165 e. The Labute approximate surface area is 94.7 Å². The first-order chi connectivity index (χ1) is 7.33. The van der Waals surface area contributed by atoms with E-state index in [1.807, 2.05) is 0 Å². The first-order valence-electron chi connectivity index (χ1n) is 6.41. The molecule has 15 heavy (non-hydrogen) atoms. The SMILES string of the molecule is CCNCCCCCN1CC=C(C)CC1. The van der Waals surface area contributed by atoms with E-state index in [-0.39, 0.29) is 0 Å². The Kier molecular flexibility index (Phi) is 6.69. The maximum absolute atomic E-state index is 3.37. The van der Waals surface area contributed by atoms with Crippen molar-refractivity contribution in [1.29, 1.82) is 0 Å². The molecule has 0 aromatic rings. The summed E-state index contributed by atoms with van der Waals surface area (Å²) in [7, 11) is 0. The van der Waals surface area contributed by atoms with Crippen LogP contribution in [0.15, 0.2) is 11.6 Å². The summed E-state index contributed by atoms with van der Waals surface area (Å²) in [5.41, 5.74) is 1.57. The Hall–Kier alpha value is -0.340. The lowest BCUT2D eigenvalue weighted by molar-refractivity contribution is 0.286. The molecule has 1 rings (SSSR count). The number of nitrogens with one attached hydrogen (secondary N) is 1. The summed E-state index contributed by atoms with van der Waals surface area (Å²) in [4.78, 5) is 2.57. The molecule has 0 aromatic carbocycles. The van der Waals surface area contributed by atoms with E-state index in [9.17, 15) is 0 Å². The fourth-order valence-corrected chi connectivity index (χ4v) is 1.95. The summed E-state index contributed by atoms with van der Waals surface area (Å²) in [6, 6.07) is 0. The predicted molar refractivity (Wildman–Crippen MR) is 67.2 cm³/mol. The highest BCUT2D eigenvalue weighted by Gasteiger charge is 2.07. The topological polar surface area (TPSA) is 15.3 Å². The number of hydrogen-bond donors (Lipinski definition) is 1. The molecular weight excluding hydrogens is 184 g/mol. The molecule has 1 heterocycles. The van der Waals surface area contributed by atoms with E-state index in [2.05, 4.69) is 30.1 Å². The fraction of sp³-hybridized carbons (Fsp3) is 0.846. The second-order valence-electron chi connectivity index (χ2n) is 4.52. The van der Waals surface area contributed by atoms with Gasteiger partial charge in [0.15, 0.2) is 0 Å². The van der Waals surface area contributed by atoms with Crippen LogP contribution < -0.4 is 5.32 Å². The van der Waals surface area contributed by atoms with Crippen LogP contribution in [0.3, 0.4) is 0 Å². The maximum atomic E-state index is 3.37. The van der Waals surface area contributed by atoms with E-state index in [4.69, 9.17) is 0 Å². The van der Waals surface area contributed by atoms with Crippen molar-refractivity contribution in [3.63, 3.8) is 0 Å². The lowest BCUT2D eigenvalue weighted by Gasteiger charge is -2.25. The van der Waals surface area contributed by atoms with Crippen molar-refractivity contribution < 1.29 is 0 Å². The summed E-state index contributed by atoms with van der Waals surface area (Å²) < 4.78 is 0. The molecule has 0 fully saturated rings. The van der Waals surface area contributed by atoms with Crippen LogP contribution in [-0.4, -0.2) is 37.6 Å². The molecule has 0 aromatic heterocycles. The molecule has 0 bridgehead atoms. The van der Waals surface area contributed by atoms with E-state index in [0.717, 1.165) is 6.54 Å². The molecule has 2 nitrogen and oxygen atoms in total. The van der Waals surface area contributed by atoms with Gasteiger partial charge in [-0.05, 0) is 45.8 Å². The Morgan fingerprint density at radius 2 is 2.20 bits per heavy atom. The minimum Gasteiger partial charge on any atom is -0.317 e. The molecular formula is C13H26N2. The number of unbranched alkanes of at least 4 members (excludes halogenated alkanes) is 2. The smallest absolute Gasteiger partial charge is 0.0165 e. The van der Waals surface area contributed by atoms with Crippen molar-refractivity contribution in [2.24, 2.45) is 0 Å². The highest BCUT2D eigenvalue weighted by Crippen LogP contribution is 2.10. The van der Waals surface area contributed by atoms with Crippen LogP contribution in [0.4, 0.5) is 0 Å². The molecule has 88 valence electrons. The monoisotopic (exact) mass is 210 g/mol. The molecule has 0 saturated heterocycles. The van der Waals surface area contributed by atoms with Gasteiger partial charge in [0.2, 0.25) is 0 Å². The van der Waals surface area contributed by atoms with E-state index < -0.39 is 0 Å². The molecule has 0 spiro atoms. The predicted octanol–water partition coefficient (Wildman–Crippen LogP) is 2.42. The van der Waals surface area contributed by atoms with Gasteiger partial charge < -0.3 is 5.32 Å². The van der Waals surface area contributed by atoms with E-state index >= 15 is 0 Å². The molecule has 0 amide bonds. The lowest BCUT2D eigenvalue weighted by Crippen LogP contribution is -2.29. The van der Waals surface area contributed by atoms with Gasteiger partial charge in [0.05, 0.1) is 0 Å². The van der Waals surface area contributed by atoms with Gasteiger partial charge in [0.25, 0.3) is 0 Å². The molecule has 0 unspecified atom stereocenters. The average Bonchev–Trinajstić information content (AvgIpc) is 2.26. The second kappa shape index (κ2) is 7.89. The van der Waals surface area contributed by atoms with Crippen LogP contribution in [0.1, 0.15) is 39.5 Å². The minimum absolute atomic E-state index is 1.11. The second-order valence-corrected chi connectivity index (χ2v) is 4.52. The van der Waals surface area contributed by atoms with Crippen LogP contribution in [0.5, 0.6) is 0 Å². The van der Waals surface area contributed by atoms with Crippen molar-refractivity contribution >= 4 is 0 Å². The van der Waals surface area contributed by atoms with Gasteiger partial charge >= 0.3 is 0 Å². The highest BCUT2D eigenvalue weighted by molar-refractivity contribution is 5.03. The molecule has 0 atom stereocenters. The third-order valence-electron chi connectivity index (χ3n) is 3.10. The third kappa shape index (κ3) is 5.95. The van der Waals surface area contributed by atoms with Crippen LogP contribution in [0.2, 0.25) is 0 Å². The molecule has 1 aliphatic heterocycles. The largest absolute Gasteiger partial charge is 0.317 e. The van der Waals surface area contributed by atoms with E-state index in [1.165, 1.54) is 51.9 Å². The van der Waals surface area contributed by atoms with Gasteiger partial charge in [-0.1, -0.05) is 25.0 Å². The summed E-state index contributed by atoms with van der Waals surface area (Å²) >= 11 is 0. The van der Waals surface area contributed by atoms with Crippen LogP contribution in [-0.2, 0) is 0 Å². The first kappa shape index (κ1) is 12.7. The molecule has 0 radical (unpaired) electrons. The third-order valence-corrected chi connectivity index (χ3v) is 3.10. The summed E-state index contributed by atoms with van der Waals surface area (Å²) in [6.45, 7) is 10.5. The van der Waals surface area contributed by atoms with Crippen LogP contribution >= 0.6 is 0 Å². The number of hydrogen-bond acceptors (Lipinski definition) is 2. The standard InChI is InChI=1S/C13H26N2/c1-3-14-9-5-4-6-10-15-11-7-13(2)8-12-15/h7,14H,3-6,8-12H2,1-2H3. The van der Waals surface area contributed by atoms with Crippen molar-refractivity contribution in [2.75, 3.05) is 32.7 Å². The van der Waals surface area contributed by atoms with Gasteiger partial charge in [-0.2, -0.15) is 0 Å². The first-order valence-corrected chi connectivity index (χ1v) is 6.41. The highest BCUT2D eigenvalue weighted by atomic mass is 15.1. The summed E-state index contributed by atoms with van der Waals surface area (Å²) in [5, 5.41) is 3.37. The molecule has 1 N–H and O–H groups in total. The van der Waals surface area contributed by atoms with Crippen molar-refractivity contribution in [2.45, 2.75) is 39.5 Å². The van der Waals surface area contributed by atoms with E-state index in [1.54, 1.807) is 5.57 Å². The number of rotatable bonds is 7. The summed E-state index contributed by atoms with van der Waals surface area (Å²) in [6.07, 6.45) is 7.71. The van der Waals surface area contributed by atoms with Crippen molar-refractivity contribution in [1.82, 2.24) is 10.2 Å². The van der Waals surface area contributed by atoms with Gasteiger partial charge in [0, 0.05) is 13.1 Å². The van der Waals surface area contributed by atoms with E-state index in [0.29, 0.717) is 0 Å². The van der Waals surface area contributed by atoms with Gasteiger partial charge in [0.1, 0.15) is 0 Å². The van der Waals surface area contributed by atoms with Crippen LogP contribution in [0, 0.1) is 0 Å². The molecule has 0 saturated carbocycles. The van der Waals surface area contributed by atoms with Crippen molar-refractivity contribution in [3.8, 4) is 0 Å². The number of nitrogens with zero attached hydrogens (tertiary/aromatic N) is 1. The molecule has 0 aliphatic carbocycles. The fourth-order valence-electron chi connectivity index (χ4n) is 1.95. The normalized spacial score (nSPS) is 17.9. The average molecular weight is 210 g/mol.